The number of rotatable bonds is 3. The smallest absolute Gasteiger partial charge is 0.361 e. The van der Waals surface area contributed by atoms with E-state index in [0.29, 0.717) is 12.1 Å². The van der Waals surface area contributed by atoms with Gasteiger partial charge in [-0.3, -0.25) is 0 Å². The average molecular weight is 453 g/mol. The summed E-state index contributed by atoms with van der Waals surface area (Å²) >= 11 is 0. The van der Waals surface area contributed by atoms with E-state index in [1.165, 1.54) is 0 Å². The zero-order chi connectivity index (χ0) is 22.5. The van der Waals surface area contributed by atoms with Crippen LogP contribution >= 0.6 is 0 Å². The van der Waals surface area contributed by atoms with Gasteiger partial charge in [0.2, 0.25) is 10.0 Å². The predicted molar refractivity (Wildman–Crippen MR) is 94.1 cm³/mol. The SMILES string of the molecule is NS(=O)(=O)c1ccc(N2CC(O)(C(F)(F)F)N=C2c2ccc(C(F)(F)F)cc2)cc1. The van der Waals surface area contributed by atoms with Crippen LogP contribution in [0.4, 0.5) is 32.0 Å². The molecule has 6 nitrogen and oxygen atoms in total. The number of nitrogens with zero attached hydrogens (tertiary/aromatic N) is 2. The second-order valence-electron chi connectivity index (χ2n) is 6.45. The van der Waals surface area contributed by atoms with Crippen LogP contribution in [0.2, 0.25) is 0 Å². The van der Waals surface area contributed by atoms with Crippen LogP contribution in [-0.4, -0.2) is 37.8 Å². The van der Waals surface area contributed by atoms with Gasteiger partial charge in [0.05, 0.1) is 17.0 Å². The minimum Gasteiger partial charge on any atom is -0.361 e. The molecular formula is C17H13F6N3O3S. The van der Waals surface area contributed by atoms with Gasteiger partial charge in [-0.05, 0) is 36.4 Å². The molecular weight excluding hydrogens is 440 g/mol. The molecule has 0 bridgehead atoms. The van der Waals surface area contributed by atoms with Crippen molar-refractivity contribution in [1.82, 2.24) is 0 Å². The number of aliphatic imine (C=N–C) groups is 1. The molecule has 3 rings (SSSR count). The van der Waals surface area contributed by atoms with Crippen molar-refractivity contribution in [2.45, 2.75) is 23.0 Å². The fourth-order valence-corrected chi connectivity index (χ4v) is 3.29. The largest absolute Gasteiger partial charge is 0.440 e. The summed E-state index contributed by atoms with van der Waals surface area (Å²) in [7, 11) is -4.06. The first-order chi connectivity index (χ1) is 13.6. The van der Waals surface area contributed by atoms with Crippen LogP contribution < -0.4 is 10.0 Å². The monoisotopic (exact) mass is 453 g/mol. The van der Waals surface area contributed by atoms with E-state index in [2.05, 4.69) is 4.99 Å². The van der Waals surface area contributed by atoms with E-state index < -0.39 is 46.0 Å². The number of nitrogens with two attached hydrogens (primary N) is 1. The molecule has 0 saturated carbocycles. The zero-order valence-corrected chi connectivity index (χ0v) is 15.6. The molecule has 162 valence electrons. The van der Waals surface area contributed by atoms with Gasteiger partial charge in [0.25, 0.3) is 5.72 Å². The van der Waals surface area contributed by atoms with E-state index in [9.17, 15) is 39.9 Å². The van der Waals surface area contributed by atoms with Crippen molar-refractivity contribution < 1.29 is 39.9 Å². The van der Waals surface area contributed by atoms with Crippen LogP contribution in [0.25, 0.3) is 0 Å². The van der Waals surface area contributed by atoms with Crippen molar-refractivity contribution in [3.8, 4) is 0 Å². The third kappa shape index (κ3) is 4.13. The van der Waals surface area contributed by atoms with Crippen molar-refractivity contribution in [3.05, 3.63) is 59.7 Å². The zero-order valence-electron chi connectivity index (χ0n) is 14.7. The maximum absolute atomic E-state index is 13.3. The van der Waals surface area contributed by atoms with Crippen molar-refractivity contribution in [1.29, 1.82) is 0 Å². The number of primary sulfonamides is 1. The topological polar surface area (TPSA) is 96.0 Å². The summed E-state index contributed by atoms with van der Waals surface area (Å²) < 4.78 is 101. The van der Waals surface area contributed by atoms with E-state index in [4.69, 9.17) is 5.14 Å². The first kappa shape index (κ1) is 22.1. The first-order valence-electron chi connectivity index (χ1n) is 8.09. The summed E-state index contributed by atoms with van der Waals surface area (Å²) in [6.07, 6.45) is -9.81. The highest BCUT2D eigenvalue weighted by molar-refractivity contribution is 7.89. The van der Waals surface area contributed by atoms with Crippen LogP contribution in [0, 0.1) is 0 Å². The Balaban J connectivity index is 2.07. The van der Waals surface area contributed by atoms with Gasteiger partial charge in [-0.2, -0.15) is 26.3 Å². The molecule has 0 fully saturated rings. The third-order valence-electron chi connectivity index (χ3n) is 4.33. The minimum atomic E-state index is -5.17. The molecule has 0 amide bonds. The number of anilines is 1. The maximum atomic E-state index is 13.3. The molecule has 1 atom stereocenters. The Hall–Kier alpha value is -2.64. The fraction of sp³-hybridized carbons (Fsp3) is 0.235. The van der Waals surface area contributed by atoms with Crippen LogP contribution in [-0.2, 0) is 16.2 Å². The number of halogens is 6. The third-order valence-corrected chi connectivity index (χ3v) is 5.26. The lowest BCUT2D eigenvalue weighted by Gasteiger charge is -2.25. The van der Waals surface area contributed by atoms with E-state index in [1.807, 2.05) is 0 Å². The minimum absolute atomic E-state index is 0.0150. The van der Waals surface area contributed by atoms with Crippen LogP contribution in [0.1, 0.15) is 11.1 Å². The Bertz CT molecular complexity index is 1080. The van der Waals surface area contributed by atoms with E-state index in [-0.39, 0.29) is 16.1 Å². The number of amidine groups is 1. The maximum Gasteiger partial charge on any atom is 0.440 e. The highest BCUT2D eigenvalue weighted by Gasteiger charge is 2.59. The number of aliphatic hydroxyl groups is 1. The van der Waals surface area contributed by atoms with Crippen molar-refractivity contribution >= 4 is 21.5 Å². The highest BCUT2D eigenvalue weighted by atomic mass is 32.2. The molecule has 0 spiro atoms. The number of alkyl halides is 6. The summed E-state index contributed by atoms with van der Waals surface area (Å²) in [5.74, 6) is -0.438. The summed E-state index contributed by atoms with van der Waals surface area (Å²) in [6, 6.07) is 7.56. The van der Waals surface area contributed by atoms with Gasteiger partial charge in [0, 0.05) is 11.3 Å². The van der Waals surface area contributed by atoms with E-state index in [1.54, 1.807) is 0 Å². The van der Waals surface area contributed by atoms with Gasteiger partial charge >= 0.3 is 12.4 Å². The summed E-state index contributed by atoms with van der Waals surface area (Å²) in [6.45, 7) is -1.08. The highest BCUT2D eigenvalue weighted by Crippen LogP contribution is 2.39. The Morgan fingerprint density at radius 3 is 1.93 bits per heavy atom. The quantitative estimate of drug-likeness (QED) is 0.699. The fourth-order valence-electron chi connectivity index (χ4n) is 2.78. The standard InChI is InChI=1S/C17H13F6N3O3S/c18-16(19,20)11-3-1-10(2-4-11)14-25-15(27,17(21,22)23)9-26(14)12-5-7-13(8-6-12)30(24,28)29/h1-8,27H,9H2,(H2,24,28,29). The molecule has 13 heteroatoms. The molecule has 1 unspecified atom stereocenters. The number of sulfonamides is 1. The lowest BCUT2D eigenvalue weighted by Crippen LogP contribution is -2.47. The lowest BCUT2D eigenvalue weighted by atomic mass is 10.1. The van der Waals surface area contributed by atoms with Gasteiger partial charge in [-0.25, -0.2) is 18.5 Å². The average Bonchev–Trinajstić information content (AvgIpc) is 3.00. The molecule has 0 aliphatic carbocycles. The lowest BCUT2D eigenvalue weighted by molar-refractivity contribution is -0.249. The Morgan fingerprint density at radius 2 is 1.50 bits per heavy atom. The van der Waals surface area contributed by atoms with Gasteiger partial charge < -0.3 is 10.0 Å². The normalized spacial score (nSPS) is 20.4. The Kier molecular flexibility index (Phi) is 5.12. The van der Waals surface area contributed by atoms with Crippen molar-refractivity contribution in [2.75, 3.05) is 11.4 Å². The second-order valence-corrected chi connectivity index (χ2v) is 8.01. The Labute approximate surface area is 166 Å². The molecule has 0 radical (unpaired) electrons. The van der Waals surface area contributed by atoms with Gasteiger partial charge in [-0.15, -0.1) is 0 Å². The first-order valence-corrected chi connectivity index (χ1v) is 9.63. The number of hydrogen-bond acceptors (Lipinski definition) is 5. The predicted octanol–water partition coefficient (Wildman–Crippen LogP) is 2.87. The van der Waals surface area contributed by atoms with E-state index in [0.717, 1.165) is 41.3 Å². The molecule has 1 aliphatic heterocycles. The van der Waals surface area contributed by atoms with Gasteiger partial charge in [0.15, 0.2) is 0 Å². The van der Waals surface area contributed by atoms with Gasteiger partial charge in [-0.1, -0.05) is 12.1 Å². The molecule has 2 aromatic rings. The molecule has 30 heavy (non-hydrogen) atoms. The number of benzene rings is 2. The van der Waals surface area contributed by atoms with Crippen molar-refractivity contribution in [3.63, 3.8) is 0 Å². The molecule has 1 heterocycles. The second kappa shape index (κ2) is 6.96. The van der Waals surface area contributed by atoms with E-state index >= 15 is 0 Å². The van der Waals surface area contributed by atoms with Crippen LogP contribution in [0.15, 0.2) is 58.4 Å². The van der Waals surface area contributed by atoms with Crippen LogP contribution in [0.3, 0.4) is 0 Å². The summed E-state index contributed by atoms with van der Waals surface area (Å²) in [5.41, 5.74) is -4.62. The number of hydrogen-bond donors (Lipinski definition) is 2. The molecule has 2 aromatic carbocycles. The molecule has 0 saturated heterocycles. The Morgan fingerprint density at radius 1 is 0.967 bits per heavy atom. The summed E-state index contributed by atoms with van der Waals surface area (Å²) in [4.78, 5) is 3.95. The number of β-amino-alcohol motifs (C(OH)–C–C–N with tert-alkyl or cyclic N) is 1. The molecule has 1 aliphatic rings. The van der Waals surface area contributed by atoms with Gasteiger partial charge in [0.1, 0.15) is 5.84 Å². The summed E-state index contributed by atoms with van der Waals surface area (Å²) in [5, 5.41) is 15.0. The van der Waals surface area contributed by atoms with Crippen molar-refractivity contribution in [2.24, 2.45) is 10.1 Å². The molecule has 0 aromatic heterocycles. The molecule has 3 N–H and O–H groups in total. The van der Waals surface area contributed by atoms with Crippen LogP contribution in [0.5, 0.6) is 0 Å².